The van der Waals surface area contributed by atoms with Crippen LogP contribution in [0, 0.1) is 6.92 Å². The Morgan fingerprint density at radius 2 is 2.15 bits per heavy atom. The molecule has 0 atom stereocenters. The van der Waals surface area contributed by atoms with Gasteiger partial charge in [-0.3, -0.25) is 4.79 Å². The molecule has 0 bridgehead atoms. The smallest absolute Gasteiger partial charge is 0.268 e. The number of rotatable bonds is 3. The number of benzene rings is 1. The van der Waals surface area contributed by atoms with Crippen LogP contribution in [0.2, 0.25) is 0 Å². The van der Waals surface area contributed by atoms with Gasteiger partial charge in [-0.15, -0.1) is 11.3 Å². The molecule has 1 aromatic heterocycles. The number of fused-ring (bicyclic) bond motifs is 1. The normalized spacial score (nSPS) is 13.6. The minimum absolute atomic E-state index is 0.158. The molecule has 0 fully saturated rings. The average Bonchev–Trinajstić information content (AvgIpc) is 3.03. The first-order valence-corrected chi connectivity index (χ1v) is 8.01. The predicted molar refractivity (Wildman–Crippen MR) is 84.9 cm³/mol. The molecule has 3 rings (SSSR count). The van der Waals surface area contributed by atoms with E-state index >= 15 is 0 Å². The Bertz CT molecular complexity index is 644. The minimum Gasteiger partial charge on any atom is -0.307 e. The largest absolute Gasteiger partial charge is 0.307 e. The van der Waals surface area contributed by atoms with Crippen molar-refractivity contribution in [1.82, 2.24) is 0 Å². The molecular formula is C17H19NOS. The summed E-state index contributed by atoms with van der Waals surface area (Å²) >= 11 is 1.63. The maximum Gasteiger partial charge on any atom is 0.268 e. The van der Waals surface area contributed by atoms with Crippen molar-refractivity contribution >= 4 is 22.9 Å². The van der Waals surface area contributed by atoms with Gasteiger partial charge in [0, 0.05) is 17.1 Å². The molecule has 0 spiro atoms. The molecule has 0 aliphatic carbocycles. The van der Waals surface area contributed by atoms with Crippen molar-refractivity contribution in [2.75, 3.05) is 11.4 Å². The van der Waals surface area contributed by atoms with Gasteiger partial charge < -0.3 is 4.90 Å². The first-order valence-electron chi connectivity index (χ1n) is 7.19. The van der Waals surface area contributed by atoms with E-state index in [9.17, 15) is 4.79 Å². The van der Waals surface area contributed by atoms with Crippen LogP contribution in [-0.2, 0) is 12.8 Å². The van der Waals surface area contributed by atoms with E-state index in [1.54, 1.807) is 11.3 Å². The maximum absolute atomic E-state index is 12.7. The topological polar surface area (TPSA) is 20.3 Å². The number of carbonyl (C=O) groups excluding carboxylic acids is 1. The second-order valence-corrected chi connectivity index (χ2v) is 6.53. The summed E-state index contributed by atoms with van der Waals surface area (Å²) in [5, 5.41) is 0. The van der Waals surface area contributed by atoms with Gasteiger partial charge in [0.15, 0.2) is 0 Å². The summed E-state index contributed by atoms with van der Waals surface area (Å²) in [5.41, 5.74) is 3.69. The summed E-state index contributed by atoms with van der Waals surface area (Å²) in [6, 6.07) is 10.3. The highest BCUT2D eigenvalue weighted by Gasteiger charge is 2.26. The molecule has 0 unspecified atom stereocenters. The highest BCUT2D eigenvalue weighted by Crippen LogP contribution is 2.31. The number of hydrogen-bond donors (Lipinski definition) is 0. The summed E-state index contributed by atoms with van der Waals surface area (Å²) in [7, 11) is 0. The number of thiophene rings is 1. The molecule has 1 amide bonds. The van der Waals surface area contributed by atoms with E-state index in [4.69, 9.17) is 0 Å². The zero-order chi connectivity index (χ0) is 14.1. The number of anilines is 1. The van der Waals surface area contributed by atoms with Crippen molar-refractivity contribution in [3.63, 3.8) is 0 Å². The molecule has 2 heterocycles. The van der Waals surface area contributed by atoms with Gasteiger partial charge in [-0.05, 0) is 43.0 Å². The van der Waals surface area contributed by atoms with Crippen molar-refractivity contribution in [3.05, 3.63) is 51.2 Å². The van der Waals surface area contributed by atoms with E-state index in [0.717, 1.165) is 36.4 Å². The molecule has 3 heteroatoms. The third-order valence-electron chi connectivity index (χ3n) is 3.88. The summed E-state index contributed by atoms with van der Waals surface area (Å²) in [6.07, 6.45) is 3.15. The van der Waals surface area contributed by atoms with Crippen molar-refractivity contribution < 1.29 is 4.79 Å². The van der Waals surface area contributed by atoms with E-state index in [2.05, 4.69) is 26.0 Å². The molecule has 0 saturated carbocycles. The van der Waals surface area contributed by atoms with Crippen LogP contribution in [0.4, 0.5) is 5.69 Å². The number of nitrogens with zero attached hydrogens (tertiary/aromatic N) is 1. The van der Waals surface area contributed by atoms with Crippen LogP contribution >= 0.6 is 11.3 Å². The molecule has 20 heavy (non-hydrogen) atoms. The van der Waals surface area contributed by atoms with Crippen molar-refractivity contribution in [3.8, 4) is 0 Å². The lowest BCUT2D eigenvalue weighted by molar-refractivity contribution is 0.0993. The maximum atomic E-state index is 12.7. The van der Waals surface area contributed by atoms with E-state index < -0.39 is 0 Å². The van der Waals surface area contributed by atoms with Gasteiger partial charge in [0.2, 0.25) is 0 Å². The lowest BCUT2D eigenvalue weighted by atomic mass is 10.1. The Hall–Kier alpha value is -1.61. The van der Waals surface area contributed by atoms with E-state index in [1.165, 1.54) is 16.0 Å². The lowest BCUT2D eigenvalue weighted by Gasteiger charge is -2.16. The first kappa shape index (κ1) is 13.4. The second-order valence-electron chi connectivity index (χ2n) is 5.28. The fraction of sp³-hybridized carbons (Fsp3) is 0.353. The summed E-state index contributed by atoms with van der Waals surface area (Å²) in [6.45, 7) is 5.10. The lowest BCUT2D eigenvalue weighted by Crippen LogP contribution is -2.28. The quantitative estimate of drug-likeness (QED) is 0.827. The Morgan fingerprint density at radius 1 is 1.35 bits per heavy atom. The van der Waals surface area contributed by atoms with Gasteiger partial charge >= 0.3 is 0 Å². The van der Waals surface area contributed by atoms with Crippen molar-refractivity contribution in [1.29, 1.82) is 0 Å². The van der Waals surface area contributed by atoms with Crippen LogP contribution in [-0.4, -0.2) is 12.5 Å². The Labute approximate surface area is 124 Å². The molecule has 1 aromatic carbocycles. The second kappa shape index (κ2) is 5.41. The standard InChI is InChI=1S/C17H19NOS/c1-3-6-14-11-16(20-12(14)2)17(19)18-10-9-13-7-4-5-8-15(13)18/h4-5,7-8,11H,3,6,9-10H2,1-2H3. The third kappa shape index (κ3) is 2.27. The van der Waals surface area contributed by atoms with E-state index in [-0.39, 0.29) is 5.91 Å². The highest BCUT2D eigenvalue weighted by atomic mass is 32.1. The zero-order valence-electron chi connectivity index (χ0n) is 12.0. The van der Waals surface area contributed by atoms with E-state index in [0.29, 0.717) is 0 Å². The van der Waals surface area contributed by atoms with Gasteiger partial charge in [0.05, 0.1) is 4.88 Å². The minimum atomic E-state index is 0.158. The summed E-state index contributed by atoms with van der Waals surface area (Å²) in [4.78, 5) is 16.8. The van der Waals surface area contributed by atoms with Crippen LogP contribution in [0.3, 0.4) is 0 Å². The molecule has 1 aliphatic rings. The molecule has 2 nitrogen and oxygen atoms in total. The number of hydrogen-bond acceptors (Lipinski definition) is 2. The van der Waals surface area contributed by atoms with Gasteiger partial charge in [0.25, 0.3) is 5.91 Å². The summed E-state index contributed by atoms with van der Waals surface area (Å²) < 4.78 is 0. The van der Waals surface area contributed by atoms with Gasteiger partial charge in [0.1, 0.15) is 0 Å². The Kier molecular flexibility index (Phi) is 3.62. The average molecular weight is 285 g/mol. The molecular weight excluding hydrogens is 266 g/mol. The van der Waals surface area contributed by atoms with Gasteiger partial charge in [-0.2, -0.15) is 0 Å². The molecule has 0 saturated heterocycles. The van der Waals surface area contributed by atoms with Crippen LogP contribution in [0.15, 0.2) is 30.3 Å². The first-order chi connectivity index (χ1) is 9.70. The van der Waals surface area contributed by atoms with Crippen LogP contribution in [0.25, 0.3) is 0 Å². The highest BCUT2D eigenvalue weighted by molar-refractivity contribution is 7.14. The zero-order valence-corrected chi connectivity index (χ0v) is 12.8. The molecule has 1 aliphatic heterocycles. The fourth-order valence-corrected chi connectivity index (χ4v) is 3.85. The van der Waals surface area contributed by atoms with Crippen molar-refractivity contribution in [2.24, 2.45) is 0 Å². The van der Waals surface area contributed by atoms with Gasteiger partial charge in [-0.25, -0.2) is 0 Å². The molecule has 0 N–H and O–H groups in total. The third-order valence-corrected chi connectivity index (χ3v) is 4.96. The number of para-hydroxylation sites is 1. The fourth-order valence-electron chi connectivity index (χ4n) is 2.82. The Morgan fingerprint density at radius 3 is 2.95 bits per heavy atom. The Balaban J connectivity index is 1.89. The molecule has 2 aromatic rings. The predicted octanol–water partition coefficient (Wildman–Crippen LogP) is 4.21. The van der Waals surface area contributed by atoms with E-state index in [1.807, 2.05) is 23.1 Å². The SMILES string of the molecule is CCCc1cc(C(=O)N2CCc3ccccc32)sc1C. The van der Waals surface area contributed by atoms with Crippen LogP contribution < -0.4 is 4.90 Å². The number of amides is 1. The van der Waals surface area contributed by atoms with Gasteiger partial charge in [-0.1, -0.05) is 31.5 Å². The summed E-state index contributed by atoms with van der Waals surface area (Å²) in [5.74, 6) is 0.158. The molecule has 104 valence electrons. The van der Waals surface area contributed by atoms with Crippen LogP contribution in [0.1, 0.15) is 39.0 Å². The van der Waals surface area contributed by atoms with Crippen molar-refractivity contribution in [2.45, 2.75) is 33.1 Å². The number of carbonyl (C=O) groups is 1. The molecule has 0 radical (unpaired) electrons. The number of aryl methyl sites for hydroxylation is 2. The monoisotopic (exact) mass is 285 g/mol. The van der Waals surface area contributed by atoms with Crippen LogP contribution in [0.5, 0.6) is 0 Å².